The van der Waals surface area contributed by atoms with Crippen molar-refractivity contribution in [2.24, 2.45) is 5.92 Å². The lowest BCUT2D eigenvalue weighted by atomic mass is 10.1. The van der Waals surface area contributed by atoms with E-state index in [9.17, 15) is 4.79 Å². The zero-order valence-corrected chi connectivity index (χ0v) is 9.26. The molecule has 0 spiro atoms. The highest BCUT2D eigenvalue weighted by atomic mass is 16.3. The lowest BCUT2D eigenvalue weighted by Crippen LogP contribution is -2.10. The summed E-state index contributed by atoms with van der Waals surface area (Å²) >= 11 is 0. The first-order valence-corrected chi connectivity index (χ1v) is 5.40. The maximum absolute atomic E-state index is 10.9. The quantitative estimate of drug-likeness (QED) is 0.797. The van der Waals surface area contributed by atoms with E-state index in [0.29, 0.717) is 5.56 Å². The standard InChI is InChI=1S/C13H15NO2/c1-10(8-15)7-14-6-5-12-11(9-16)3-2-4-13(12)14/h2-6,9-10,15H,7-8H2,1H3. The molecule has 1 aromatic heterocycles. The van der Waals surface area contributed by atoms with E-state index in [-0.39, 0.29) is 12.5 Å². The fourth-order valence-electron chi connectivity index (χ4n) is 1.90. The van der Waals surface area contributed by atoms with E-state index in [2.05, 4.69) is 4.57 Å². The Hall–Kier alpha value is -1.61. The number of fused-ring (bicyclic) bond motifs is 1. The molecule has 2 aromatic rings. The molecule has 3 heteroatoms. The summed E-state index contributed by atoms with van der Waals surface area (Å²) in [5.74, 6) is 0.218. The van der Waals surface area contributed by atoms with Gasteiger partial charge in [0.25, 0.3) is 0 Å². The van der Waals surface area contributed by atoms with Crippen molar-refractivity contribution in [3.05, 3.63) is 36.0 Å². The molecule has 0 aliphatic heterocycles. The Morgan fingerprint density at radius 1 is 1.44 bits per heavy atom. The number of aromatic nitrogens is 1. The van der Waals surface area contributed by atoms with Crippen LogP contribution in [0.5, 0.6) is 0 Å². The summed E-state index contributed by atoms with van der Waals surface area (Å²) in [5.41, 5.74) is 1.76. The summed E-state index contributed by atoms with van der Waals surface area (Å²) in [6, 6.07) is 7.64. The van der Waals surface area contributed by atoms with Crippen molar-refractivity contribution >= 4 is 17.2 Å². The van der Waals surface area contributed by atoms with Crippen LogP contribution in [0.25, 0.3) is 10.9 Å². The third-order valence-corrected chi connectivity index (χ3v) is 2.79. The molecule has 16 heavy (non-hydrogen) atoms. The van der Waals surface area contributed by atoms with Crippen molar-refractivity contribution in [1.82, 2.24) is 4.57 Å². The van der Waals surface area contributed by atoms with Gasteiger partial charge in [-0.05, 0) is 18.1 Å². The Kier molecular flexibility index (Phi) is 3.06. The molecule has 0 aliphatic rings. The number of benzene rings is 1. The molecule has 0 radical (unpaired) electrons. The van der Waals surface area contributed by atoms with Gasteiger partial charge in [-0.15, -0.1) is 0 Å². The Labute approximate surface area is 94.3 Å². The molecule has 1 heterocycles. The topological polar surface area (TPSA) is 42.2 Å². The van der Waals surface area contributed by atoms with Gasteiger partial charge in [-0.3, -0.25) is 4.79 Å². The molecule has 0 saturated heterocycles. The van der Waals surface area contributed by atoms with E-state index in [4.69, 9.17) is 5.11 Å². The highest BCUT2D eigenvalue weighted by Gasteiger charge is 2.07. The van der Waals surface area contributed by atoms with Gasteiger partial charge in [0.2, 0.25) is 0 Å². The second kappa shape index (κ2) is 4.49. The Morgan fingerprint density at radius 2 is 2.25 bits per heavy atom. The normalized spacial score (nSPS) is 12.9. The van der Waals surface area contributed by atoms with Crippen LogP contribution >= 0.6 is 0 Å². The van der Waals surface area contributed by atoms with Gasteiger partial charge in [-0.1, -0.05) is 19.1 Å². The van der Waals surface area contributed by atoms with Crippen LogP contribution in [0.4, 0.5) is 0 Å². The van der Waals surface area contributed by atoms with Gasteiger partial charge >= 0.3 is 0 Å². The summed E-state index contributed by atoms with van der Waals surface area (Å²) in [7, 11) is 0. The second-order valence-electron chi connectivity index (χ2n) is 4.15. The summed E-state index contributed by atoms with van der Waals surface area (Å²) in [6.45, 7) is 2.94. The number of hydrogen-bond acceptors (Lipinski definition) is 2. The molecule has 1 aromatic carbocycles. The molecule has 1 N–H and O–H groups in total. The number of rotatable bonds is 4. The molecule has 0 fully saturated rings. The molecule has 0 bridgehead atoms. The maximum atomic E-state index is 10.9. The van der Waals surface area contributed by atoms with Crippen LogP contribution in [0.15, 0.2) is 30.5 Å². The summed E-state index contributed by atoms with van der Waals surface area (Å²) in [4.78, 5) is 10.9. The van der Waals surface area contributed by atoms with Crippen LogP contribution in [0.3, 0.4) is 0 Å². The Bertz CT molecular complexity index is 502. The van der Waals surface area contributed by atoms with E-state index >= 15 is 0 Å². The summed E-state index contributed by atoms with van der Waals surface area (Å²) in [5, 5.41) is 10.0. The van der Waals surface area contributed by atoms with E-state index < -0.39 is 0 Å². The van der Waals surface area contributed by atoms with E-state index in [1.54, 1.807) is 0 Å². The van der Waals surface area contributed by atoms with Crippen LogP contribution in [-0.4, -0.2) is 22.6 Å². The molecular weight excluding hydrogens is 202 g/mol. The van der Waals surface area contributed by atoms with Crippen molar-refractivity contribution in [3.8, 4) is 0 Å². The number of carbonyl (C=O) groups excluding carboxylic acids is 1. The number of aliphatic hydroxyl groups is 1. The van der Waals surface area contributed by atoms with Gasteiger partial charge in [-0.2, -0.15) is 0 Å². The summed E-state index contributed by atoms with van der Waals surface area (Å²) < 4.78 is 2.07. The van der Waals surface area contributed by atoms with Crippen molar-refractivity contribution < 1.29 is 9.90 Å². The summed E-state index contributed by atoms with van der Waals surface area (Å²) in [6.07, 6.45) is 2.84. The van der Waals surface area contributed by atoms with E-state index in [1.165, 1.54) is 0 Å². The smallest absolute Gasteiger partial charge is 0.150 e. The first-order chi connectivity index (χ1) is 7.76. The Morgan fingerprint density at radius 3 is 2.94 bits per heavy atom. The van der Waals surface area contributed by atoms with Gasteiger partial charge in [0.1, 0.15) is 0 Å². The lowest BCUT2D eigenvalue weighted by Gasteiger charge is -2.10. The van der Waals surface area contributed by atoms with Gasteiger partial charge in [0.05, 0.1) is 0 Å². The van der Waals surface area contributed by atoms with Gasteiger partial charge in [-0.25, -0.2) is 0 Å². The van der Waals surface area contributed by atoms with Gasteiger partial charge < -0.3 is 9.67 Å². The minimum Gasteiger partial charge on any atom is -0.396 e. The van der Waals surface area contributed by atoms with Crippen molar-refractivity contribution in [2.75, 3.05) is 6.61 Å². The highest BCUT2D eigenvalue weighted by molar-refractivity contribution is 5.97. The first kappa shape index (κ1) is 10.9. The zero-order valence-electron chi connectivity index (χ0n) is 9.26. The van der Waals surface area contributed by atoms with Crippen molar-refractivity contribution in [3.63, 3.8) is 0 Å². The van der Waals surface area contributed by atoms with Gasteiger partial charge in [0.15, 0.2) is 6.29 Å². The van der Waals surface area contributed by atoms with Crippen LogP contribution in [-0.2, 0) is 6.54 Å². The molecule has 84 valence electrons. The molecule has 0 aliphatic carbocycles. The average molecular weight is 217 g/mol. The van der Waals surface area contributed by atoms with E-state index in [0.717, 1.165) is 23.7 Å². The number of carbonyl (C=O) groups is 1. The molecule has 3 nitrogen and oxygen atoms in total. The fraction of sp³-hybridized carbons (Fsp3) is 0.308. The van der Waals surface area contributed by atoms with Crippen LogP contribution in [0.2, 0.25) is 0 Å². The third-order valence-electron chi connectivity index (χ3n) is 2.79. The van der Waals surface area contributed by atoms with Crippen LogP contribution in [0, 0.1) is 5.92 Å². The Balaban J connectivity index is 2.45. The number of aldehydes is 1. The first-order valence-electron chi connectivity index (χ1n) is 5.40. The maximum Gasteiger partial charge on any atom is 0.150 e. The number of hydrogen-bond donors (Lipinski definition) is 1. The average Bonchev–Trinajstić information content (AvgIpc) is 2.72. The number of nitrogens with zero attached hydrogens (tertiary/aromatic N) is 1. The molecule has 2 rings (SSSR count). The minimum atomic E-state index is 0.174. The van der Waals surface area contributed by atoms with E-state index in [1.807, 2.05) is 37.4 Å². The van der Waals surface area contributed by atoms with Crippen LogP contribution < -0.4 is 0 Å². The molecular formula is C13H15NO2. The predicted octanol–water partition coefficient (Wildman–Crippen LogP) is 2.08. The molecule has 1 atom stereocenters. The highest BCUT2D eigenvalue weighted by Crippen LogP contribution is 2.20. The predicted molar refractivity (Wildman–Crippen MR) is 63.6 cm³/mol. The van der Waals surface area contributed by atoms with Crippen molar-refractivity contribution in [1.29, 1.82) is 0 Å². The van der Waals surface area contributed by atoms with Crippen LogP contribution in [0.1, 0.15) is 17.3 Å². The molecule has 1 unspecified atom stereocenters. The lowest BCUT2D eigenvalue weighted by molar-refractivity contribution is 0.112. The largest absolute Gasteiger partial charge is 0.396 e. The fourth-order valence-corrected chi connectivity index (χ4v) is 1.90. The monoisotopic (exact) mass is 217 g/mol. The third kappa shape index (κ3) is 1.86. The minimum absolute atomic E-state index is 0.174. The second-order valence-corrected chi connectivity index (χ2v) is 4.15. The number of aliphatic hydroxyl groups excluding tert-OH is 1. The molecule has 0 saturated carbocycles. The SMILES string of the molecule is CC(CO)Cn1ccc2c(C=O)cccc21. The zero-order chi connectivity index (χ0) is 11.5. The molecule has 0 amide bonds. The van der Waals surface area contributed by atoms with Gasteiger partial charge in [0, 0.05) is 35.8 Å². The van der Waals surface area contributed by atoms with Crippen molar-refractivity contribution in [2.45, 2.75) is 13.5 Å².